The number of hydrogen-bond donors (Lipinski definition) is 3. The van der Waals surface area contributed by atoms with Crippen LogP contribution in [0.2, 0.25) is 0 Å². The molecule has 30 heavy (non-hydrogen) atoms. The Hall–Kier alpha value is -3.35. The van der Waals surface area contributed by atoms with Crippen molar-refractivity contribution in [3.63, 3.8) is 0 Å². The normalized spacial score (nSPS) is 10.8. The lowest BCUT2D eigenvalue weighted by Gasteiger charge is -2.19. The van der Waals surface area contributed by atoms with Gasteiger partial charge in [-0.2, -0.15) is 0 Å². The fourth-order valence-electron chi connectivity index (χ4n) is 2.54. The standard InChI is InChI=1S/C23H29N3O4/c1-15-6-9-18(12-16(15)2)21(28)24-13-17-7-10-19(11-8-17)26-20(27)14-25-22(29)30-23(3,4)5/h6-12H,13-14H2,1-5H3,(H,24,28)(H,25,29)(H,26,27). The average molecular weight is 412 g/mol. The summed E-state index contributed by atoms with van der Waals surface area (Å²) in [7, 11) is 0. The number of anilines is 1. The van der Waals surface area contributed by atoms with E-state index in [2.05, 4.69) is 16.0 Å². The van der Waals surface area contributed by atoms with Gasteiger partial charge in [0.15, 0.2) is 0 Å². The van der Waals surface area contributed by atoms with Gasteiger partial charge in [0, 0.05) is 17.8 Å². The van der Waals surface area contributed by atoms with E-state index >= 15 is 0 Å². The lowest BCUT2D eigenvalue weighted by molar-refractivity contribution is -0.115. The number of benzene rings is 2. The topological polar surface area (TPSA) is 96.5 Å². The smallest absolute Gasteiger partial charge is 0.408 e. The number of nitrogens with one attached hydrogen (secondary N) is 3. The zero-order valence-corrected chi connectivity index (χ0v) is 18.1. The van der Waals surface area contributed by atoms with Gasteiger partial charge in [0.2, 0.25) is 5.91 Å². The molecule has 2 rings (SSSR count). The molecule has 0 aliphatic heterocycles. The Kier molecular flexibility index (Phi) is 7.58. The highest BCUT2D eigenvalue weighted by molar-refractivity contribution is 5.95. The van der Waals surface area contributed by atoms with E-state index in [9.17, 15) is 14.4 Å². The van der Waals surface area contributed by atoms with Gasteiger partial charge in [0.25, 0.3) is 5.91 Å². The van der Waals surface area contributed by atoms with Crippen LogP contribution < -0.4 is 16.0 Å². The Bertz CT molecular complexity index is 915. The molecule has 0 bridgehead atoms. The van der Waals surface area contributed by atoms with E-state index < -0.39 is 11.7 Å². The zero-order chi connectivity index (χ0) is 22.3. The van der Waals surface area contributed by atoms with Crippen LogP contribution in [0.4, 0.5) is 10.5 Å². The van der Waals surface area contributed by atoms with Crippen molar-refractivity contribution in [2.45, 2.75) is 46.8 Å². The largest absolute Gasteiger partial charge is 0.444 e. The first kappa shape index (κ1) is 22.9. The molecule has 0 saturated carbocycles. The minimum atomic E-state index is -0.646. The summed E-state index contributed by atoms with van der Waals surface area (Å²) in [5.41, 5.74) is 3.71. The number of carbonyl (C=O) groups is 3. The number of aryl methyl sites for hydroxylation is 2. The predicted octanol–water partition coefficient (Wildman–Crippen LogP) is 3.70. The van der Waals surface area contributed by atoms with E-state index in [1.165, 1.54) is 0 Å². The van der Waals surface area contributed by atoms with Gasteiger partial charge in [0.05, 0.1) is 0 Å². The summed E-state index contributed by atoms with van der Waals surface area (Å²) < 4.78 is 5.08. The fourth-order valence-corrected chi connectivity index (χ4v) is 2.54. The van der Waals surface area contributed by atoms with E-state index in [4.69, 9.17) is 4.74 Å². The van der Waals surface area contributed by atoms with Crippen molar-refractivity contribution in [3.8, 4) is 0 Å². The van der Waals surface area contributed by atoms with Crippen molar-refractivity contribution in [2.24, 2.45) is 0 Å². The molecule has 0 saturated heterocycles. The summed E-state index contributed by atoms with van der Waals surface area (Å²) in [6.45, 7) is 9.41. The molecule has 0 fully saturated rings. The molecule has 0 radical (unpaired) electrons. The van der Waals surface area contributed by atoms with Crippen molar-refractivity contribution in [1.82, 2.24) is 10.6 Å². The minimum absolute atomic E-state index is 0.135. The molecule has 0 aliphatic carbocycles. The van der Waals surface area contributed by atoms with Crippen LogP contribution in [-0.4, -0.2) is 30.1 Å². The van der Waals surface area contributed by atoms with Gasteiger partial charge < -0.3 is 20.7 Å². The summed E-state index contributed by atoms with van der Waals surface area (Å²) >= 11 is 0. The predicted molar refractivity (Wildman–Crippen MR) is 116 cm³/mol. The minimum Gasteiger partial charge on any atom is -0.444 e. The molecule has 0 aliphatic rings. The van der Waals surface area contributed by atoms with Crippen molar-refractivity contribution in [1.29, 1.82) is 0 Å². The Morgan fingerprint density at radius 1 is 0.900 bits per heavy atom. The quantitative estimate of drug-likeness (QED) is 0.675. The van der Waals surface area contributed by atoms with Crippen LogP contribution >= 0.6 is 0 Å². The van der Waals surface area contributed by atoms with Crippen LogP contribution in [-0.2, 0) is 16.1 Å². The third kappa shape index (κ3) is 7.58. The number of rotatable bonds is 6. The lowest BCUT2D eigenvalue weighted by atomic mass is 10.1. The van der Waals surface area contributed by atoms with E-state index in [0.29, 0.717) is 17.8 Å². The number of carbonyl (C=O) groups excluding carboxylic acids is 3. The molecule has 0 aromatic heterocycles. The second-order valence-electron chi connectivity index (χ2n) is 8.08. The highest BCUT2D eigenvalue weighted by atomic mass is 16.6. The van der Waals surface area contributed by atoms with Gasteiger partial charge in [-0.15, -0.1) is 0 Å². The molecule has 0 spiro atoms. The molecule has 0 atom stereocenters. The van der Waals surface area contributed by atoms with Gasteiger partial charge >= 0.3 is 6.09 Å². The third-order valence-corrected chi connectivity index (χ3v) is 4.25. The first-order valence-electron chi connectivity index (χ1n) is 9.74. The maximum Gasteiger partial charge on any atom is 0.408 e. The van der Waals surface area contributed by atoms with Crippen LogP contribution in [0.1, 0.15) is 47.8 Å². The SMILES string of the molecule is Cc1ccc(C(=O)NCc2ccc(NC(=O)CNC(=O)OC(C)(C)C)cc2)cc1C. The maximum atomic E-state index is 12.3. The van der Waals surface area contributed by atoms with Crippen LogP contribution in [0.3, 0.4) is 0 Å². The molecule has 7 heteroatoms. The third-order valence-electron chi connectivity index (χ3n) is 4.25. The molecule has 3 amide bonds. The van der Waals surface area contributed by atoms with Gasteiger partial charge in [-0.1, -0.05) is 18.2 Å². The summed E-state index contributed by atoms with van der Waals surface area (Å²) in [4.78, 5) is 35.8. The van der Waals surface area contributed by atoms with Crippen molar-refractivity contribution in [3.05, 3.63) is 64.7 Å². The van der Waals surface area contributed by atoms with E-state index in [-0.39, 0.29) is 18.4 Å². The van der Waals surface area contributed by atoms with Crippen LogP contribution in [0.15, 0.2) is 42.5 Å². The lowest BCUT2D eigenvalue weighted by Crippen LogP contribution is -2.37. The monoisotopic (exact) mass is 411 g/mol. The molecule has 2 aromatic rings. The number of ether oxygens (including phenoxy) is 1. The van der Waals surface area contributed by atoms with Crippen LogP contribution in [0.25, 0.3) is 0 Å². The van der Waals surface area contributed by atoms with Gasteiger partial charge in [-0.05, 0) is 75.6 Å². The molecule has 7 nitrogen and oxygen atoms in total. The molecule has 3 N–H and O–H groups in total. The van der Waals surface area contributed by atoms with Gasteiger partial charge in [-0.25, -0.2) is 4.79 Å². The van der Waals surface area contributed by atoms with Gasteiger partial charge in [-0.3, -0.25) is 9.59 Å². The summed E-state index contributed by atoms with van der Waals surface area (Å²) in [6.07, 6.45) is -0.646. The first-order valence-corrected chi connectivity index (χ1v) is 9.74. The van der Waals surface area contributed by atoms with Crippen molar-refractivity contribution < 1.29 is 19.1 Å². The summed E-state index contributed by atoms with van der Waals surface area (Å²) in [5, 5.41) is 7.98. The Balaban J connectivity index is 1.80. The maximum absolute atomic E-state index is 12.3. The molecule has 0 heterocycles. The van der Waals surface area contributed by atoms with Crippen molar-refractivity contribution in [2.75, 3.05) is 11.9 Å². The first-order chi connectivity index (χ1) is 14.0. The average Bonchev–Trinajstić information content (AvgIpc) is 2.66. The number of hydrogen-bond acceptors (Lipinski definition) is 4. The molecular formula is C23H29N3O4. The summed E-state index contributed by atoms with van der Waals surface area (Å²) in [5.74, 6) is -0.500. The van der Waals surface area contributed by atoms with Crippen LogP contribution in [0, 0.1) is 13.8 Å². The molecule has 2 aromatic carbocycles. The molecule has 160 valence electrons. The summed E-state index contributed by atoms with van der Waals surface area (Å²) in [6, 6.07) is 12.7. The van der Waals surface area contributed by atoms with Crippen molar-refractivity contribution >= 4 is 23.6 Å². The fraction of sp³-hybridized carbons (Fsp3) is 0.348. The van der Waals surface area contributed by atoms with Crippen LogP contribution in [0.5, 0.6) is 0 Å². The molecule has 0 unspecified atom stereocenters. The van der Waals surface area contributed by atoms with E-state index in [1.54, 1.807) is 32.9 Å². The second kappa shape index (κ2) is 9.91. The molecular weight excluding hydrogens is 382 g/mol. The number of alkyl carbamates (subject to hydrolysis) is 1. The Morgan fingerprint density at radius 3 is 2.17 bits per heavy atom. The van der Waals surface area contributed by atoms with Gasteiger partial charge in [0.1, 0.15) is 12.1 Å². The highest BCUT2D eigenvalue weighted by Crippen LogP contribution is 2.12. The number of amides is 3. The Labute approximate surface area is 177 Å². The van der Waals surface area contributed by atoms with E-state index in [0.717, 1.165) is 16.7 Å². The second-order valence-corrected chi connectivity index (χ2v) is 8.08. The highest BCUT2D eigenvalue weighted by Gasteiger charge is 2.16. The Morgan fingerprint density at radius 2 is 1.57 bits per heavy atom. The van der Waals surface area contributed by atoms with E-state index in [1.807, 2.05) is 44.2 Å². The zero-order valence-electron chi connectivity index (χ0n) is 18.1.